The minimum Gasteiger partial charge on any atom is -0.359 e. The van der Waals surface area contributed by atoms with Crippen LogP contribution in [0, 0.1) is 0 Å². The number of nitrogens with zero attached hydrogens (tertiary/aromatic N) is 2. The number of carbonyl (C=O) groups excluding carboxylic acids is 2. The maximum atomic E-state index is 12.2. The van der Waals surface area contributed by atoms with E-state index in [0.717, 1.165) is 10.2 Å². The van der Waals surface area contributed by atoms with Crippen LogP contribution in [0.3, 0.4) is 0 Å². The zero-order valence-electron chi connectivity index (χ0n) is 11.6. The van der Waals surface area contributed by atoms with Crippen molar-refractivity contribution in [3.05, 3.63) is 40.3 Å². The molecule has 0 saturated carbocycles. The molecule has 3 rings (SSSR count). The quantitative estimate of drug-likeness (QED) is 0.768. The number of anilines is 1. The second-order valence-electron chi connectivity index (χ2n) is 4.48. The molecule has 2 N–H and O–H groups in total. The van der Waals surface area contributed by atoms with Crippen molar-refractivity contribution in [2.75, 3.05) is 12.4 Å². The molecule has 0 radical (unpaired) electrons. The highest BCUT2D eigenvalue weighted by molar-refractivity contribution is 7.16. The monoisotopic (exact) mass is 332 g/mol. The number of amides is 2. The Labute approximate surface area is 134 Å². The van der Waals surface area contributed by atoms with E-state index in [1.165, 1.54) is 22.7 Å². The molecule has 2 amide bonds. The SMILES string of the molecule is CNC(=O)Cc1csc(NC(=O)c2ccc3ncsc3c2)n1. The Balaban J connectivity index is 1.72. The highest BCUT2D eigenvalue weighted by atomic mass is 32.1. The smallest absolute Gasteiger partial charge is 0.257 e. The van der Waals surface area contributed by atoms with E-state index in [2.05, 4.69) is 20.6 Å². The highest BCUT2D eigenvalue weighted by Crippen LogP contribution is 2.21. The van der Waals surface area contributed by atoms with E-state index in [4.69, 9.17) is 0 Å². The van der Waals surface area contributed by atoms with Crippen LogP contribution in [-0.4, -0.2) is 28.8 Å². The Morgan fingerprint density at radius 2 is 2.14 bits per heavy atom. The molecule has 0 atom stereocenters. The van der Waals surface area contributed by atoms with Crippen molar-refractivity contribution in [2.24, 2.45) is 0 Å². The first-order valence-electron chi connectivity index (χ1n) is 6.45. The Morgan fingerprint density at radius 3 is 2.95 bits per heavy atom. The van der Waals surface area contributed by atoms with Gasteiger partial charge in [0.25, 0.3) is 5.91 Å². The van der Waals surface area contributed by atoms with Gasteiger partial charge in [-0.15, -0.1) is 22.7 Å². The van der Waals surface area contributed by atoms with Gasteiger partial charge in [0.15, 0.2) is 5.13 Å². The van der Waals surface area contributed by atoms with Gasteiger partial charge in [0, 0.05) is 18.0 Å². The molecule has 0 aliphatic heterocycles. The van der Waals surface area contributed by atoms with Crippen molar-refractivity contribution in [2.45, 2.75) is 6.42 Å². The van der Waals surface area contributed by atoms with Gasteiger partial charge in [-0.2, -0.15) is 0 Å². The molecule has 112 valence electrons. The second kappa shape index (κ2) is 6.20. The Kier molecular flexibility index (Phi) is 4.12. The average Bonchev–Trinajstić information content (AvgIpc) is 3.15. The number of nitrogens with one attached hydrogen (secondary N) is 2. The van der Waals surface area contributed by atoms with Gasteiger partial charge in [-0.3, -0.25) is 14.9 Å². The third kappa shape index (κ3) is 3.12. The summed E-state index contributed by atoms with van der Waals surface area (Å²) in [4.78, 5) is 31.9. The summed E-state index contributed by atoms with van der Waals surface area (Å²) in [6, 6.07) is 5.36. The minimum absolute atomic E-state index is 0.112. The topological polar surface area (TPSA) is 84.0 Å². The van der Waals surface area contributed by atoms with Gasteiger partial charge in [-0.25, -0.2) is 9.97 Å². The second-order valence-corrected chi connectivity index (χ2v) is 6.23. The molecule has 0 fully saturated rings. The third-order valence-corrected chi connectivity index (χ3v) is 4.58. The molecule has 1 aromatic carbocycles. The van der Waals surface area contributed by atoms with Gasteiger partial charge < -0.3 is 5.32 Å². The summed E-state index contributed by atoms with van der Waals surface area (Å²) in [5.41, 5.74) is 3.82. The fraction of sp³-hybridized carbons (Fsp3) is 0.143. The predicted molar refractivity (Wildman–Crippen MR) is 87.5 cm³/mol. The number of hydrogen-bond donors (Lipinski definition) is 2. The molecular weight excluding hydrogens is 320 g/mol. The summed E-state index contributed by atoms with van der Waals surface area (Å²) < 4.78 is 0.965. The summed E-state index contributed by atoms with van der Waals surface area (Å²) >= 11 is 2.79. The summed E-state index contributed by atoms with van der Waals surface area (Å²) in [5.74, 6) is -0.338. The van der Waals surface area contributed by atoms with Crippen molar-refractivity contribution in [1.82, 2.24) is 15.3 Å². The fourth-order valence-electron chi connectivity index (χ4n) is 1.86. The van der Waals surface area contributed by atoms with E-state index in [1.807, 2.05) is 6.07 Å². The average molecular weight is 332 g/mol. The van der Waals surface area contributed by atoms with Crippen LogP contribution in [0.2, 0.25) is 0 Å². The summed E-state index contributed by atoms with van der Waals surface area (Å²) in [6.07, 6.45) is 0.204. The standard InChI is InChI=1S/C14H12N4O2S2/c1-15-12(19)5-9-6-21-14(17-9)18-13(20)8-2-3-10-11(4-8)22-7-16-10/h2-4,6-7H,5H2,1H3,(H,15,19)(H,17,18,20). The molecule has 0 spiro atoms. The zero-order chi connectivity index (χ0) is 15.5. The van der Waals surface area contributed by atoms with Crippen LogP contribution in [0.5, 0.6) is 0 Å². The normalized spacial score (nSPS) is 10.6. The van der Waals surface area contributed by atoms with Crippen molar-refractivity contribution in [3.8, 4) is 0 Å². The van der Waals surface area contributed by atoms with Crippen LogP contribution in [-0.2, 0) is 11.2 Å². The third-order valence-electron chi connectivity index (χ3n) is 2.99. The molecule has 8 heteroatoms. The maximum Gasteiger partial charge on any atom is 0.257 e. The summed E-state index contributed by atoms with van der Waals surface area (Å²) in [6.45, 7) is 0. The van der Waals surface area contributed by atoms with Crippen molar-refractivity contribution in [3.63, 3.8) is 0 Å². The van der Waals surface area contributed by atoms with Gasteiger partial charge in [0.1, 0.15) is 0 Å². The lowest BCUT2D eigenvalue weighted by Gasteiger charge is -2.01. The number of benzene rings is 1. The van der Waals surface area contributed by atoms with Gasteiger partial charge in [-0.05, 0) is 18.2 Å². The van der Waals surface area contributed by atoms with E-state index in [-0.39, 0.29) is 18.2 Å². The molecule has 0 bridgehead atoms. The largest absolute Gasteiger partial charge is 0.359 e. The lowest BCUT2D eigenvalue weighted by atomic mass is 10.2. The van der Waals surface area contributed by atoms with Gasteiger partial charge in [0.2, 0.25) is 5.91 Å². The van der Waals surface area contributed by atoms with Crippen LogP contribution >= 0.6 is 22.7 Å². The molecule has 6 nitrogen and oxygen atoms in total. The van der Waals surface area contributed by atoms with Crippen LogP contribution in [0.1, 0.15) is 16.1 Å². The molecule has 2 heterocycles. The summed E-state index contributed by atoms with van der Waals surface area (Å²) in [7, 11) is 1.58. The molecule has 3 aromatic rings. The maximum absolute atomic E-state index is 12.2. The fourth-order valence-corrected chi connectivity index (χ4v) is 3.29. The van der Waals surface area contributed by atoms with Crippen LogP contribution in [0.4, 0.5) is 5.13 Å². The zero-order valence-corrected chi connectivity index (χ0v) is 13.3. The first-order valence-corrected chi connectivity index (χ1v) is 8.21. The van der Waals surface area contributed by atoms with E-state index in [0.29, 0.717) is 16.4 Å². The van der Waals surface area contributed by atoms with E-state index in [1.54, 1.807) is 30.1 Å². The van der Waals surface area contributed by atoms with Crippen LogP contribution < -0.4 is 10.6 Å². The van der Waals surface area contributed by atoms with Crippen LogP contribution in [0.15, 0.2) is 29.1 Å². The van der Waals surface area contributed by atoms with Crippen molar-refractivity contribution in [1.29, 1.82) is 0 Å². The predicted octanol–water partition coefficient (Wildman–Crippen LogP) is 2.29. The van der Waals surface area contributed by atoms with Crippen LogP contribution in [0.25, 0.3) is 10.2 Å². The molecular formula is C14H12N4O2S2. The molecule has 22 heavy (non-hydrogen) atoms. The minimum atomic E-state index is -0.226. The molecule has 0 unspecified atom stereocenters. The van der Waals surface area contributed by atoms with Gasteiger partial charge >= 0.3 is 0 Å². The Hall–Kier alpha value is -2.32. The van der Waals surface area contributed by atoms with E-state index < -0.39 is 0 Å². The van der Waals surface area contributed by atoms with Crippen molar-refractivity contribution < 1.29 is 9.59 Å². The summed E-state index contributed by atoms with van der Waals surface area (Å²) in [5, 5.41) is 7.53. The number of rotatable bonds is 4. The number of likely N-dealkylation sites (N-methyl/N-ethyl adjacent to an activating group) is 1. The first-order chi connectivity index (χ1) is 10.7. The van der Waals surface area contributed by atoms with E-state index in [9.17, 15) is 9.59 Å². The van der Waals surface area contributed by atoms with E-state index >= 15 is 0 Å². The lowest BCUT2D eigenvalue weighted by Crippen LogP contribution is -2.20. The molecule has 0 saturated heterocycles. The van der Waals surface area contributed by atoms with Gasteiger partial charge in [-0.1, -0.05) is 0 Å². The molecule has 0 aliphatic carbocycles. The number of carbonyl (C=O) groups is 2. The number of thiazole rings is 2. The Morgan fingerprint density at radius 1 is 1.27 bits per heavy atom. The number of hydrogen-bond acceptors (Lipinski definition) is 6. The lowest BCUT2D eigenvalue weighted by molar-refractivity contribution is -0.120. The molecule has 0 aliphatic rings. The molecule has 2 aromatic heterocycles. The first kappa shape index (κ1) is 14.6. The van der Waals surface area contributed by atoms with Crippen molar-refractivity contribution >= 4 is 49.8 Å². The van der Waals surface area contributed by atoms with Gasteiger partial charge in [0.05, 0.1) is 27.8 Å². The number of aromatic nitrogens is 2. The Bertz CT molecular complexity index is 840. The highest BCUT2D eigenvalue weighted by Gasteiger charge is 2.11. The number of fused-ring (bicyclic) bond motifs is 1.